The fourth-order valence-electron chi connectivity index (χ4n) is 3.44. The number of hydrogen-bond acceptors (Lipinski definition) is 6. The monoisotopic (exact) mass is 401 g/mol. The second kappa shape index (κ2) is 10.2. The van der Waals surface area contributed by atoms with Gasteiger partial charge in [0.2, 0.25) is 0 Å². The van der Waals surface area contributed by atoms with Gasteiger partial charge in [-0.3, -0.25) is 4.68 Å². The Hall–Kier alpha value is -2.64. The summed E-state index contributed by atoms with van der Waals surface area (Å²) in [6.07, 6.45) is 11.0. The van der Waals surface area contributed by atoms with Crippen LogP contribution < -0.4 is 10.1 Å². The molecular formula is C21H31N5O3. The fraction of sp³-hybridized carbons (Fsp3) is 0.619. The number of nitrogens with zero attached hydrogens (tertiary/aromatic N) is 4. The normalized spacial score (nSPS) is 14.6. The van der Waals surface area contributed by atoms with Gasteiger partial charge in [0.15, 0.2) is 11.6 Å². The van der Waals surface area contributed by atoms with Crippen molar-refractivity contribution in [1.82, 2.24) is 25.1 Å². The maximum Gasteiger partial charge on any atom is 0.407 e. The third-order valence-electron chi connectivity index (χ3n) is 5.21. The van der Waals surface area contributed by atoms with E-state index in [0.29, 0.717) is 19.0 Å². The zero-order valence-corrected chi connectivity index (χ0v) is 17.6. The Morgan fingerprint density at radius 2 is 2.07 bits per heavy atom. The Morgan fingerprint density at radius 1 is 1.28 bits per heavy atom. The third-order valence-corrected chi connectivity index (χ3v) is 5.21. The van der Waals surface area contributed by atoms with Crippen molar-refractivity contribution in [1.29, 1.82) is 0 Å². The Kier molecular flexibility index (Phi) is 7.43. The number of alkyl carbamates (subject to hydrolysis) is 1. The van der Waals surface area contributed by atoms with E-state index in [1.807, 2.05) is 14.0 Å². The molecule has 0 atom stereocenters. The van der Waals surface area contributed by atoms with Gasteiger partial charge in [-0.1, -0.05) is 19.8 Å². The number of nitrogens with one attached hydrogen (secondary N) is 1. The van der Waals surface area contributed by atoms with Gasteiger partial charge in [0, 0.05) is 7.05 Å². The van der Waals surface area contributed by atoms with E-state index < -0.39 is 6.09 Å². The van der Waals surface area contributed by atoms with Gasteiger partial charge in [0.25, 0.3) is 0 Å². The number of aryl methyl sites for hydroxylation is 2. The Balaban J connectivity index is 1.67. The molecule has 1 amide bonds. The van der Waals surface area contributed by atoms with Crippen LogP contribution in [0.2, 0.25) is 0 Å². The van der Waals surface area contributed by atoms with E-state index in [1.54, 1.807) is 17.1 Å². The molecule has 0 spiro atoms. The molecule has 1 N–H and O–H groups in total. The van der Waals surface area contributed by atoms with Crippen molar-refractivity contribution in [2.24, 2.45) is 7.05 Å². The van der Waals surface area contributed by atoms with Crippen molar-refractivity contribution in [3.63, 3.8) is 0 Å². The van der Waals surface area contributed by atoms with Crippen LogP contribution in [0, 0.1) is 6.92 Å². The molecule has 0 radical (unpaired) electrons. The lowest BCUT2D eigenvalue weighted by atomic mass is 9.98. The summed E-state index contributed by atoms with van der Waals surface area (Å²) in [7, 11) is 1.83. The first-order chi connectivity index (χ1) is 14.1. The molecule has 2 aromatic rings. The van der Waals surface area contributed by atoms with Crippen molar-refractivity contribution in [2.45, 2.75) is 71.4 Å². The molecule has 0 aromatic carbocycles. The number of carbonyl (C=O) groups is 1. The number of unbranched alkanes of at least 4 members (excludes halogenated alkanes) is 1. The van der Waals surface area contributed by atoms with Crippen molar-refractivity contribution < 1.29 is 14.3 Å². The zero-order valence-electron chi connectivity index (χ0n) is 17.6. The number of amides is 1. The predicted octanol–water partition coefficient (Wildman–Crippen LogP) is 3.92. The van der Waals surface area contributed by atoms with Crippen LogP contribution in [0.3, 0.4) is 0 Å². The van der Waals surface area contributed by atoms with Crippen LogP contribution in [-0.4, -0.2) is 38.6 Å². The molecule has 8 heteroatoms. The lowest BCUT2D eigenvalue weighted by molar-refractivity contribution is 0.144. The lowest BCUT2D eigenvalue weighted by Gasteiger charge is -2.23. The molecule has 1 saturated carbocycles. The van der Waals surface area contributed by atoms with Gasteiger partial charge in [-0.25, -0.2) is 14.8 Å². The molecule has 2 heterocycles. The highest BCUT2D eigenvalue weighted by Gasteiger charge is 2.19. The summed E-state index contributed by atoms with van der Waals surface area (Å²) in [6.45, 7) is 4.70. The van der Waals surface area contributed by atoms with Crippen LogP contribution in [0.4, 0.5) is 4.79 Å². The SMILES string of the molecule is CCCCOC(=O)NCc1c(-c2ncc(OC3CCCCC3)c(C)n2)cnn1C. The molecule has 1 aliphatic rings. The lowest BCUT2D eigenvalue weighted by Crippen LogP contribution is -2.25. The Bertz CT molecular complexity index is 815. The molecule has 0 aliphatic heterocycles. The van der Waals surface area contributed by atoms with E-state index in [9.17, 15) is 4.79 Å². The summed E-state index contributed by atoms with van der Waals surface area (Å²) in [5, 5.41) is 7.08. The van der Waals surface area contributed by atoms with Gasteiger partial charge in [0.05, 0.1) is 48.6 Å². The molecule has 1 aliphatic carbocycles. The Labute approximate surface area is 172 Å². The van der Waals surface area contributed by atoms with E-state index in [4.69, 9.17) is 9.47 Å². The minimum absolute atomic E-state index is 0.258. The number of hydrogen-bond donors (Lipinski definition) is 1. The van der Waals surface area contributed by atoms with Crippen LogP contribution in [0.5, 0.6) is 5.75 Å². The summed E-state index contributed by atoms with van der Waals surface area (Å²) in [6, 6.07) is 0. The maximum absolute atomic E-state index is 11.8. The topological polar surface area (TPSA) is 91.2 Å². The molecule has 0 saturated heterocycles. The van der Waals surface area contributed by atoms with E-state index in [1.165, 1.54) is 19.3 Å². The van der Waals surface area contributed by atoms with Gasteiger partial charge in [-0.2, -0.15) is 5.10 Å². The molecular weight excluding hydrogens is 370 g/mol. The summed E-state index contributed by atoms with van der Waals surface area (Å²) in [4.78, 5) is 21.0. The second-order valence-electron chi connectivity index (χ2n) is 7.49. The predicted molar refractivity (Wildman–Crippen MR) is 110 cm³/mol. The Morgan fingerprint density at radius 3 is 2.79 bits per heavy atom. The molecule has 158 valence electrons. The van der Waals surface area contributed by atoms with Crippen molar-refractivity contribution in [3.8, 4) is 17.1 Å². The van der Waals surface area contributed by atoms with E-state index >= 15 is 0 Å². The smallest absolute Gasteiger partial charge is 0.407 e. The molecule has 8 nitrogen and oxygen atoms in total. The third kappa shape index (κ3) is 5.68. The van der Waals surface area contributed by atoms with E-state index in [2.05, 4.69) is 27.3 Å². The zero-order chi connectivity index (χ0) is 20.6. The van der Waals surface area contributed by atoms with Crippen LogP contribution in [0.1, 0.15) is 63.3 Å². The maximum atomic E-state index is 11.8. The van der Waals surface area contributed by atoms with E-state index in [-0.39, 0.29) is 6.10 Å². The first-order valence-electron chi connectivity index (χ1n) is 10.5. The molecule has 3 rings (SSSR count). The van der Waals surface area contributed by atoms with Crippen LogP contribution in [-0.2, 0) is 18.3 Å². The quantitative estimate of drug-likeness (QED) is 0.674. The molecule has 1 fully saturated rings. The van der Waals surface area contributed by atoms with Gasteiger partial charge in [-0.05, 0) is 39.0 Å². The molecule has 29 heavy (non-hydrogen) atoms. The van der Waals surface area contributed by atoms with Crippen molar-refractivity contribution in [2.75, 3.05) is 6.61 Å². The van der Waals surface area contributed by atoms with Crippen LogP contribution >= 0.6 is 0 Å². The van der Waals surface area contributed by atoms with Crippen molar-refractivity contribution >= 4 is 6.09 Å². The number of rotatable bonds is 8. The van der Waals surface area contributed by atoms with Crippen molar-refractivity contribution in [3.05, 3.63) is 23.8 Å². The highest BCUT2D eigenvalue weighted by molar-refractivity contribution is 5.68. The summed E-state index contributed by atoms with van der Waals surface area (Å²) >= 11 is 0. The number of ether oxygens (including phenoxy) is 2. The van der Waals surface area contributed by atoms with E-state index in [0.717, 1.165) is 48.4 Å². The van der Waals surface area contributed by atoms with Gasteiger partial charge < -0.3 is 14.8 Å². The summed E-state index contributed by atoms with van der Waals surface area (Å²) < 4.78 is 13.0. The highest BCUT2D eigenvalue weighted by Crippen LogP contribution is 2.27. The average Bonchev–Trinajstić information content (AvgIpc) is 3.09. The summed E-state index contributed by atoms with van der Waals surface area (Å²) in [5.74, 6) is 1.31. The minimum Gasteiger partial charge on any atom is -0.487 e. The summed E-state index contributed by atoms with van der Waals surface area (Å²) in [5.41, 5.74) is 2.41. The highest BCUT2D eigenvalue weighted by atomic mass is 16.5. The fourth-order valence-corrected chi connectivity index (χ4v) is 3.44. The van der Waals surface area contributed by atoms with Crippen LogP contribution in [0.15, 0.2) is 12.4 Å². The first-order valence-corrected chi connectivity index (χ1v) is 10.5. The minimum atomic E-state index is -0.432. The second-order valence-corrected chi connectivity index (χ2v) is 7.49. The largest absolute Gasteiger partial charge is 0.487 e. The first kappa shape index (κ1) is 21.1. The standard InChI is InChI=1S/C21H31N5O3/c1-4-5-11-28-21(27)23-13-18-17(12-24-26(18)3)20-22-14-19(15(2)25-20)29-16-9-7-6-8-10-16/h12,14,16H,4-11,13H2,1-3H3,(H,23,27). The molecule has 0 unspecified atom stereocenters. The van der Waals surface area contributed by atoms with Gasteiger partial charge in [0.1, 0.15) is 0 Å². The van der Waals surface area contributed by atoms with Gasteiger partial charge in [-0.15, -0.1) is 0 Å². The average molecular weight is 402 g/mol. The number of aromatic nitrogens is 4. The van der Waals surface area contributed by atoms with Crippen LogP contribution in [0.25, 0.3) is 11.4 Å². The molecule has 2 aromatic heterocycles. The molecule has 0 bridgehead atoms. The van der Waals surface area contributed by atoms with Gasteiger partial charge >= 0.3 is 6.09 Å². The number of carbonyl (C=O) groups excluding carboxylic acids is 1.